The summed E-state index contributed by atoms with van der Waals surface area (Å²) >= 11 is 0. The van der Waals surface area contributed by atoms with E-state index in [2.05, 4.69) is 20.6 Å². The van der Waals surface area contributed by atoms with Crippen molar-refractivity contribution >= 4 is 17.5 Å². The van der Waals surface area contributed by atoms with E-state index in [0.717, 1.165) is 17.7 Å². The fourth-order valence-electron chi connectivity index (χ4n) is 2.59. The Balaban J connectivity index is 1.54. The van der Waals surface area contributed by atoms with Gasteiger partial charge >= 0.3 is 0 Å². The number of carbonyl (C=O) groups excluding carboxylic acids is 1. The number of nitrogens with one attached hydrogen (secondary N) is 2. The van der Waals surface area contributed by atoms with E-state index < -0.39 is 0 Å². The van der Waals surface area contributed by atoms with Gasteiger partial charge in [-0.2, -0.15) is 5.26 Å². The Labute approximate surface area is 163 Å². The molecule has 1 heterocycles. The summed E-state index contributed by atoms with van der Waals surface area (Å²) in [4.78, 5) is 20.6. The lowest BCUT2D eigenvalue weighted by atomic mass is 10.1. The van der Waals surface area contributed by atoms with Crippen LogP contribution >= 0.6 is 0 Å². The van der Waals surface area contributed by atoms with Crippen molar-refractivity contribution < 1.29 is 9.53 Å². The largest absolute Gasteiger partial charge is 0.496 e. The maximum Gasteiger partial charge on any atom is 0.258 e. The second-order valence-electron chi connectivity index (χ2n) is 5.93. The predicted molar refractivity (Wildman–Crippen MR) is 106 cm³/mol. The zero-order valence-electron chi connectivity index (χ0n) is 15.3. The van der Waals surface area contributed by atoms with Gasteiger partial charge in [-0.25, -0.2) is 9.97 Å². The molecule has 7 heteroatoms. The van der Waals surface area contributed by atoms with Gasteiger partial charge in [0.2, 0.25) is 5.95 Å². The summed E-state index contributed by atoms with van der Waals surface area (Å²) in [6.45, 7) is 0.636. The highest BCUT2D eigenvalue weighted by Gasteiger charge is 2.08. The highest BCUT2D eigenvalue weighted by Crippen LogP contribution is 2.17. The monoisotopic (exact) mass is 373 g/mol. The van der Waals surface area contributed by atoms with E-state index in [1.54, 1.807) is 31.4 Å². The quantitative estimate of drug-likeness (QED) is 0.659. The smallest absolute Gasteiger partial charge is 0.258 e. The average Bonchev–Trinajstić information content (AvgIpc) is 2.75. The number of para-hydroxylation sites is 1. The molecule has 0 spiro atoms. The van der Waals surface area contributed by atoms with Gasteiger partial charge in [0, 0.05) is 24.6 Å². The molecule has 2 aromatic carbocycles. The first-order valence-electron chi connectivity index (χ1n) is 8.69. The van der Waals surface area contributed by atoms with Crippen molar-refractivity contribution in [2.45, 2.75) is 6.42 Å². The Morgan fingerprint density at radius 2 is 1.82 bits per heavy atom. The summed E-state index contributed by atoms with van der Waals surface area (Å²) in [5, 5.41) is 14.7. The number of methoxy groups -OCH3 is 1. The van der Waals surface area contributed by atoms with Crippen molar-refractivity contribution in [1.29, 1.82) is 5.26 Å². The third-order valence-corrected chi connectivity index (χ3v) is 4.06. The molecule has 0 fully saturated rings. The van der Waals surface area contributed by atoms with Crippen molar-refractivity contribution in [3.8, 4) is 11.8 Å². The second-order valence-corrected chi connectivity index (χ2v) is 5.93. The Kier molecular flexibility index (Phi) is 6.16. The van der Waals surface area contributed by atoms with Crippen molar-refractivity contribution in [3.63, 3.8) is 0 Å². The third-order valence-electron chi connectivity index (χ3n) is 4.06. The number of carbonyl (C=O) groups is 1. The number of anilines is 2. The number of nitriles is 1. The molecule has 0 unspecified atom stereocenters. The van der Waals surface area contributed by atoms with Crippen LogP contribution in [0.3, 0.4) is 0 Å². The molecule has 0 atom stereocenters. The summed E-state index contributed by atoms with van der Waals surface area (Å²) in [6, 6.07) is 16.5. The van der Waals surface area contributed by atoms with Crippen LogP contribution in [-0.4, -0.2) is 29.5 Å². The van der Waals surface area contributed by atoms with Gasteiger partial charge in [0.15, 0.2) is 0 Å². The van der Waals surface area contributed by atoms with Crippen LogP contribution in [0.4, 0.5) is 11.6 Å². The van der Waals surface area contributed by atoms with Gasteiger partial charge in [0.05, 0.1) is 24.3 Å². The molecule has 7 nitrogen and oxygen atoms in total. The van der Waals surface area contributed by atoms with E-state index in [0.29, 0.717) is 29.3 Å². The van der Waals surface area contributed by atoms with Crippen LogP contribution < -0.4 is 15.4 Å². The van der Waals surface area contributed by atoms with Gasteiger partial charge in [-0.15, -0.1) is 0 Å². The van der Waals surface area contributed by atoms with Gasteiger partial charge in [-0.1, -0.05) is 18.2 Å². The van der Waals surface area contributed by atoms with E-state index in [-0.39, 0.29) is 5.91 Å². The SMILES string of the molecule is COc1ccccc1CCNc1ncc(C(=O)Nc2ccc(C#N)cc2)cn1. The van der Waals surface area contributed by atoms with E-state index in [1.807, 2.05) is 30.3 Å². The Hall–Kier alpha value is -3.92. The molecule has 3 rings (SSSR count). The normalized spacial score (nSPS) is 10.0. The van der Waals surface area contributed by atoms with Crippen LogP contribution in [0.15, 0.2) is 60.9 Å². The topological polar surface area (TPSA) is 99.9 Å². The van der Waals surface area contributed by atoms with Crippen molar-refractivity contribution in [2.24, 2.45) is 0 Å². The average molecular weight is 373 g/mol. The molecule has 140 valence electrons. The number of nitrogens with zero attached hydrogens (tertiary/aromatic N) is 3. The lowest BCUT2D eigenvalue weighted by molar-refractivity contribution is 0.102. The van der Waals surface area contributed by atoms with Gasteiger partial charge in [-0.05, 0) is 42.3 Å². The zero-order chi connectivity index (χ0) is 19.8. The molecule has 0 saturated carbocycles. The third kappa shape index (κ3) is 4.83. The maximum atomic E-state index is 12.3. The van der Waals surface area contributed by atoms with Gasteiger partial charge < -0.3 is 15.4 Å². The molecule has 0 bridgehead atoms. The fraction of sp³-hybridized carbons (Fsp3) is 0.143. The highest BCUT2D eigenvalue weighted by molar-refractivity contribution is 6.03. The number of hydrogen-bond acceptors (Lipinski definition) is 6. The number of aromatic nitrogens is 2. The molecule has 1 amide bonds. The van der Waals surface area contributed by atoms with Gasteiger partial charge in [0.25, 0.3) is 5.91 Å². The van der Waals surface area contributed by atoms with Crippen molar-refractivity contribution in [1.82, 2.24) is 9.97 Å². The summed E-state index contributed by atoms with van der Waals surface area (Å²) in [7, 11) is 1.65. The van der Waals surface area contributed by atoms with E-state index in [1.165, 1.54) is 12.4 Å². The minimum atomic E-state index is -0.315. The Morgan fingerprint density at radius 3 is 2.50 bits per heavy atom. The van der Waals surface area contributed by atoms with Crippen molar-refractivity contribution in [2.75, 3.05) is 24.3 Å². The maximum absolute atomic E-state index is 12.3. The molecule has 0 aliphatic rings. The van der Waals surface area contributed by atoms with E-state index >= 15 is 0 Å². The number of rotatable bonds is 7. The lowest BCUT2D eigenvalue weighted by Gasteiger charge is -2.09. The first kappa shape index (κ1) is 18.9. The van der Waals surface area contributed by atoms with Crippen LogP contribution in [0.25, 0.3) is 0 Å². The lowest BCUT2D eigenvalue weighted by Crippen LogP contribution is -2.14. The molecule has 1 aromatic heterocycles. The van der Waals surface area contributed by atoms with Gasteiger partial charge in [0.1, 0.15) is 5.75 Å². The molecule has 0 aliphatic heterocycles. The zero-order valence-corrected chi connectivity index (χ0v) is 15.3. The Morgan fingerprint density at radius 1 is 1.11 bits per heavy atom. The number of hydrogen-bond donors (Lipinski definition) is 2. The standard InChI is InChI=1S/C21H19N5O2/c1-28-19-5-3-2-4-16(19)10-11-23-21-24-13-17(14-25-21)20(27)26-18-8-6-15(12-22)7-9-18/h2-9,13-14H,10-11H2,1H3,(H,26,27)(H,23,24,25). The molecular weight excluding hydrogens is 354 g/mol. The molecule has 0 saturated heterocycles. The number of amides is 1. The molecule has 2 N–H and O–H groups in total. The summed E-state index contributed by atoms with van der Waals surface area (Å²) < 4.78 is 5.33. The predicted octanol–water partition coefficient (Wildman–Crippen LogP) is 3.26. The number of benzene rings is 2. The molecule has 28 heavy (non-hydrogen) atoms. The summed E-state index contributed by atoms with van der Waals surface area (Å²) in [5.41, 5.74) is 2.57. The van der Waals surface area contributed by atoms with E-state index in [9.17, 15) is 4.79 Å². The minimum absolute atomic E-state index is 0.315. The molecule has 0 aliphatic carbocycles. The summed E-state index contributed by atoms with van der Waals surface area (Å²) in [6.07, 6.45) is 3.70. The highest BCUT2D eigenvalue weighted by atomic mass is 16.5. The van der Waals surface area contributed by atoms with Crippen LogP contribution in [-0.2, 0) is 6.42 Å². The molecule has 0 radical (unpaired) electrons. The number of ether oxygens (including phenoxy) is 1. The summed E-state index contributed by atoms with van der Waals surface area (Å²) in [5.74, 6) is 0.982. The first-order chi connectivity index (χ1) is 13.7. The molecular formula is C21H19N5O2. The van der Waals surface area contributed by atoms with Crippen LogP contribution in [0.1, 0.15) is 21.5 Å². The fourth-order valence-corrected chi connectivity index (χ4v) is 2.59. The van der Waals surface area contributed by atoms with Crippen LogP contribution in [0, 0.1) is 11.3 Å². The minimum Gasteiger partial charge on any atom is -0.496 e. The van der Waals surface area contributed by atoms with Gasteiger partial charge in [-0.3, -0.25) is 4.79 Å². The first-order valence-corrected chi connectivity index (χ1v) is 8.69. The Bertz CT molecular complexity index is 979. The van der Waals surface area contributed by atoms with Crippen LogP contribution in [0.2, 0.25) is 0 Å². The van der Waals surface area contributed by atoms with Crippen LogP contribution in [0.5, 0.6) is 5.75 Å². The second kappa shape index (κ2) is 9.14. The van der Waals surface area contributed by atoms with E-state index in [4.69, 9.17) is 10.00 Å². The van der Waals surface area contributed by atoms with Crippen molar-refractivity contribution in [3.05, 3.63) is 77.6 Å². The molecule has 3 aromatic rings.